The molecule has 0 saturated carbocycles. The van der Waals surface area contributed by atoms with Gasteiger partial charge in [-0.2, -0.15) is 0 Å². The molecule has 0 bridgehead atoms. The first-order valence-electron chi connectivity index (χ1n) is 10.3. The first-order valence-corrected chi connectivity index (χ1v) is 13.4. The van der Waals surface area contributed by atoms with Gasteiger partial charge in [0.1, 0.15) is 0 Å². The fourth-order valence-corrected chi connectivity index (χ4v) is 6.43. The Labute approximate surface area is 194 Å². The molecule has 2 amide bonds. The second-order valence-electron chi connectivity index (χ2n) is 7.46. The molecule has 1 aliphatic rings. The van der Waals surface area contributed by atoms with Gasteiger partial charge in [0.15, 0.2) is 0 Å². The third-order valence-electron chi connectivity index (χ3n) is 5.18. The lowest BCUT2D eigenvalue weighted by molar-refractivity contribution is 0.0848. The van der Waals surface area contributed by atoms with Gasteiger partial charge in [0.2, 0.25) is 10.0 Å². The Morgan fingerprint density at radius 3 is 2.56 bits per heavy atom. The van der Waals surface area contributed by atoms with Crippen molar-refractivity contribution in [2.24, 2.45) is 0 Å². The number of sulfonamides is 1. The predicted molar refractivity (Wildman–Crippen MR) is 125 cm³/mol. The molecule has 4 rings (SSSR count). The van der Waals surface area contributed by atoms with E-state index in [0.717, 1.165) is 30.6 Å². The van der Waals surface area contributed by atoms with Gasteiger partial charge >= 0.3 is 0 Å². The normalized spacial score (nSPS) is 13.8. The number of hydrogen-bond acceptors (Lipinski definition) is 6. The van der Waals surface area contributed by atoms with E-state index in [9.17, 15) is 18.0 Å². The number of hydrogen-bond donors (Lipinski definition) is 3. The van der Waals surface area contributed by atoms with E-state index in [1.54, 1.807) is 0 Å². The summed E-state index contributed by atoms with van der Waals surface area (Å²) in [5.41, 5.74) is 6.16. The average Bonchev–Trinajstić information content (AvgIpc) is 3.41. The molecule has 2 heterocycles. The highest BCUT2D eigenvalue weighted by molar-refractivity contribution is 7.89. The van der Waals surface area contributed by atoms with Gasteiger partial charge in [-0.15, -0.1) is 22.7 Å². The van der Waals surface area contributed by atoms with Crippen LogP contribution < -0.4 is 15.6 Å². The van der Waals surface area contributed by atoms with E-state index in [2.05, 4.69) is 15.6 Å². The van der Waals surface area contributed by atoms with Crippen LogP contribution in [0, 0.1) is 0 Å². The maximum absolute atomic E-state index is 12.6. The molecule has 0 radical (unpaired) electrons. The lowest BCUT2D eigenvalue weighted by atomic mass is 10.1. The van der Waals surface area contributed by atoms with E-state index in [1.165, 1.54) is 63.8 Å². The van der Waals surface area contributed by atoms with Crippen LogP contribution in [0.5, 0.6) is 0 Å². The highest BCUT2D eigenvalue weighted by Crippen LogP contribution is 2.28. The molecule has 0 atom stereocenters. The van der Waals surface area contributed by atoms with Crippen LogP contribution in [0.2, 0.25) is 0 Å². The van der Waals surface area contributed by atoms with Crippen molar-refractivity contribution in [1.82, 2.24) is 15.6 Å². The standard InChI is InChI=1S/C22H23N3O4S3/c26-21(24-25-22(27)20-13-15-6-2-1-3-10-19(15)31-20)16-7-4-9-18(12-16)32(28,29)23-14-17-8-5-11-30-17/h4-5,7-9,11-13,23H,1-3,6,10,14H2,(H,24,26)(H,25,27). The monoisotopic (exact) mass is 489 g/mol. The highest BCUT2D eigenvalue weighted by Gasteiger charge is 2.19. The molecule has 2 aromatic heterocycles. The molecule has 32 heavy (non-hydrogen) atoms. The summed E-state index contributed by atoms with van der Waals surface area (Å²) in [6, 6.07) is 11.3. The van der Waals surface area contributed by atoms with E-state index in [0.29, 0.717) is 4.88 Å². The van der Waals surface area contributed by atoms with Crippen molar-refractivity contribution in [2.75, 3.05) is 0 Å². The number of amides is 2. The Balaban J connectivity index is 1.38. The zero-order chi connectivity index (χ0) is 22.6. The maximum Gasteiger partial charge on any atom is 0.279 e. The van der Waals surface area contributed by atoms with Gasteiger partial charge in [-0.05, 0) is 67.0 Å². The van der Waals surface area contributed by atoms with Crippen LogP contribution in [-0.2, 0) is 29.4 Å². The van der Waals surface area contributed by atoms with Crippen molar-refractivity contribution in [3.8, 4) is 0 Å². The highest BCUT2D eigenvalue weighted by atomic mass is 32.2. The van der Waals surface area contributed by atoms with E-state index in [4.69, 9.17) is 0 Å². The predicted octanol–water partition coefficient (Wildman–Crippen LogP) is 3.63. The summed E-state index contributed by atoms with van der Waals surface area (Å²) < 4.78 is 27.7. The van der Waals surface area contributed by atoms with Crippen LogP contribution >= 0.6 is 22.7 Å². The summed E-state index contributed by atoms with van der Waals surface area (Å²) in [4.78, 5) is 27.7. The summed E-state index contributed by atoms with van der Waals surface area (Å²) >= 11 is 2.92. The van der Waals surface area contributed by atoms with E-state index in [-0.39, 0.29) is 22.9 Å². The van der Waals surface area contributed by atoms with Crippen LogP contribution in [0.15, 0.2) is 52.7 Å². The minimum Gasteiger partial charge on any atom is -0.267 e. The molecule has 0 aliphatic heterocycles. The van der Waals surface area contributed by atoms with Crippen LogP contribution in [0.1, 0.15) is 54.6 Å². The van der Waals surface area contributed by atoms with Crippen LogP contribution in [0.4, 0.5) is 0 Å². The van der Waals surface area contributed by atoms with Crippen molar-refractivity contribution in [1.29, 1.82) is 0 Å². The van der Waals surface area contributed by atoms with Crippen LogP contribution in [0.3, 0.4) is 0 Å². The van der Waals surface area contributed by atoms with Gasteiger partial charge in [-0.1, -0.05) is 18.6 Å². The molecular formula is C22H23N3O4S3. The van der Waals surface area contributed by atoms with Gasteiger partial charge in [-0.25, -0.2) is 13.1 Å². The largest absolute Gasteiger partial charge is 0.279 e. The Kier molecular flexibility index (Phi) is 7.04. The average molecular weight is 490 g/mol. The molecular weight excluding hydrogens is 466 g/mol. The van der Waals surface area contributed by atoms with Crippen molar-refractivity contribution in [3.63, 3.8) is 0 Å². The lowest BCUT2D eigenvalue weighted by Crippen LogP contribution is -2.41. The summed E-state index contributed by atoms with van der Waals surface area (Å²) in [5, 5.41) is 1.87. The van der Waals surface area contributed by atoms with Crippen LogP contribution in [-0.4, -0.2) is 20.2 Å². The molecule has 1 aromatic carbocycles. The first-order chi connectivity index (χ1) is 15.4. The van der Waals surface area contributed by atoms with Gasteiger partial charge < -0.3 is 0 Å². The van der Waals surface area contributed by atoms with Crippen molar-refractivity contribution in [2.45, 2.75) is 43.5 Å². The number of benzene rings is 1. The van der Waals surface area contributed by atoms with Gasteiger partial charge in [0.05, 0.1) is 9.77 Å². The lowest BCUT2D eigenvalue weighted by Gasteiger charge is -2.09. The van der Waals surface area contributed by atoms with Crippen LogP contribution in [0.25, 0.3) is 0 Å². The minimum absolute atomic E-state index is 0.0185. The van der Waals surface area contributed by atoms with Crippen molar-refractivity contribution in [3.05, 3.63) is 73.6 Å². The maximum atomic E-state index is 12.6. The fraction of sp³-hybridized carbons (Fsp3) is 0.273. The minimum atomic E-state index is -3.78. The topological polar surface area (TPSA) is 104 Å². The van der Waals surface area contributed by atoms with Gasteiger partial charge in [0.25, 0.3) is 11.8 Å². The molecule has 7 nitrogen and oxygen atoms in total. The fourth-order valence-electron chi connectivity index (χ4n) is 3.49. The molecule has 3 aromatic rings. The Morgan fingerprint density at radius 1 is 0.938 bits per heavy atom. The molecule has 168 valence electrons. The quantitative estimate of drug-likeness (QED) is 0.363. The number of carbonyl (C=O) groups excluding carboxylic acids is 2. The smallest absolute Gasteiger partial charge is 0.267 e. The summed E-state index contributed by atoms with van der Waals surface area (Å²) in [5.74, 6) is -0.968. The zero-order valence-electron chi connectivity index (χ0n) is 17.2. The SMILES string of the molecule is O=C(NNC(=O)c1cc2c(s1)CCCCC2)c1cccc(S(=O)(=O)NCc2cccs2)c1. The van der Waals surface area contributed by atoms with E-state index >= 15 is 0 Å². The molecule has 0 fully saturated rings. The number of thiophene rings is 2. The third kappa shape index (κ3) is 5.44. The molecule has 0 saturated heterocycles. The van der Waals surface area contributed by atoms with Gasteiger partial charge in [-0.3, -0.25) is 20.4 Å². The summed E-state index contributed by atoms with van der Waals surface area (Å²) in [6.07, 6.45) is 5.43. The molecule has 0 unspecified atom stereocenters. The number of carbonyl (C=O) groups is 2. The first kappa shape index (κ1) is 22.7. The number of rotatable bonds is 6. The summed E-state index contributed by atoms with van der Waals surface area (Å²) in [7, 11) is -3.78. The van der Waals surface area contributed by atoms with E-state index in [1.807, 2.05) is 23.6 Å². The second kappa shape index (κ2) is 9.95. The number of nitrogens with one attached hydrogen (secondary N) is 3. The Hall–Kier alpha value is -2.53. The zero-order valence-corrected chi connectivity index (χ0v) is 19.7. The molecule has 1 aliphatic carbocycles. The second-order valence-corrected chi connectivity index (χ2v) is 11.4. The third-order valence-corrected chi connectivity index (χ3v) is 8.69. The molecule has 10 heteroatoms. The Morgan fingerprint density at radius 2 is 1.75 bits per heavy atom. The van der Waals surface area contributed by atoms with E-state index < -0.39 is 15.9 Å². The van der Waals surface area contributed by atoms with Crippen molar-refractivity contribution >= 4 is 44.5 Å². The number of hydrazine groups is 1. The molecule has 3 N–H and O–H groups in total. The van der Waals surface area contributed by atoms with Gasteiger partial charge in [0, 0.05) is 21.9 Å². The van der Waals surface area contributed by atoms with Crippen molar-refractivity contribution < 1.29 is 18.0 Å². The molecule has 0 spiro atoms. The number of fused-ring (bicyclic) bond motifs is 1. The Bertz CT molecular complexity index is 1190. The number of aryl methyl sites for hydroxylation is 2. The summed E-state index contributed by atoms with van der Waals surface area (Å²) in [6.45, 7) is 0.178.